The highest BCUT2D eigenvalue weighted by Crippen LogP contribution is 2.22. The van der Waals surface area contributed by atoms with Gasteiger partial charge in [0.15, 0.2) is 0 Å². The van der Waals surface area contributed by atoms with Gasteiger partial charge >= 0.3 is 0 Å². The molecule has 2 N–H and O–H groups in total. The third-order valence-corrected chi connectivity index (χ3v) is 2.72. The number of nitrogens with zero attached hydrogens (tertiary/aromatic N) is 2. The van der Waals surface area contributed by atoms with E-state index in [0.29, 0.717) is 5.95 Å². The van der Waals surface area contributed by atoms with Crippen LogP contribution in [-0.2, 0) is 0 Å². The van der Waals surface area contributed by atoms with Gasteiger partial charge in [-0.2, -0.15) is 0 Å². The lowest BCUT2D eigenvalue weighted by Gasteiger charge is -2.24. The second-order valence-corrected chi connectivity index (χ2v) is 5.32. The van der Waals surface area contributed by atoms with Gasteiger partial charge in [-0.15, -0.1) is 0 Å². The van der Waals surface area contributed by atoms with Crippen LogP contribution < -0.4 is 5.32 Å². The third kappa shape index (κ3) is 5.13. The highest BCUT2D eigenvalue weighted by Gasteiger charge is 2.17. The summed E-state index contributed by atoms with van der Waals surface area (Å²) in [4.78, 5) is 8.69. The van der Waals surface area contributed by atoms with E-state index < -0.39 is 0 Å². The van der Waals surface area contributed by atoms with Gasteiger partial charge in [-0.05, 0) is 38.2 Å². The number of aliphatic hydroxyl groups is 1. The summed E-state index contributed by atoms with van der Waals surface area (Å²) in [6, 6.07) is 1.96. The molecule has 96 valence electrons. The first-order valence-electron chi connectivity index (χ1n) is 6.10. The quantitative estimate of drug-likeness (QED) is 0.797. The van der Waals surface area contributed by atoms with E-state index in [2.05, 4.69) is 29.1 Å². The molecule has 1 rings (SSSR count). The molecule has 0 atom stereocenters. The fourth-order valence-corrected chi connectivity index (χ4v) is 1.77. The van der Waals surface area contributed by atoms with Gasteiger partial charge in [0.05, 0.1) is 0 Å². The summed E-state index contributed by atoms with van der Waals surface area (Å²) < 4.78 is 0. The molecular weight excluding hydrogens is 214 g/mol. The molecule has 0 unspecified atom stereocenters. The van der Waals surface area contributed by atoms with Crippen molar-refractivity contribution in [2.45, 2.75) is 40.5 Å². The van der Waals surface area contributed by atoms with E-state index in [4.69, 9.17) is 5.11 Å². The number of rotatable bonds is 6. The lowest BCUT2D eigenvalue weighted by Crippen LogP contribution is -2.24. The number of hydrogen-bond donors (Lipinski definition) is 2. The summed E-state index contributed by atoms with van der Waals surface area (Å²) in [7, 11) is 0. The zero-order valence-electron chi connectivity index (χ0n) is 11.2. The topological polar surface area (TPSA) is 58.0 Å². The molecule has 0 saturated carbocycles. The van der Waals surface area contributed by atoms with Crippen molar-refractivity contribution in [1.29, 1.82) is 0 Å². The molecule has 0 saturated heterocycles. The van der Waals surface area contributed by atoms with Gasteiger partial charge in [-0.1, -0.05) is 13.8 Å². The van der Waals surface area contributed by atoms with Gasteiger partial charge in [-0.25, -0.2) is 9.97 Å². The lowest BCUT2D eigenvalue weighted by atomic mass is 9.88. The Morgan fingerprint density at radius 3 is 2.35 bits per heavy atom. The highest BCUT2D eigenvalue weighted by atomic mass is 16.2. The summed E-state index contributed by atoms with van der Waals surface area (Å²) >= 11 is 0. The minimum atomic E-state index is 0.143. The second-order valence-electron chi connectivity index (χ2n) is 5.32. The molecule has 17 heavy (non-hydrogen) atoms. The van der Waals surface area contributed by atoms with Crippen LogP contribution in [0.25, 0.3) is 0 Å². The van der Waals surface area contributed by atoms with Crippen molar-refractivity contribution in [3.05, 3.63) is 17.5 Å². The number of hydrogen-bond acceptors (Lipinski definition) is 4. The average Bonchev–Trinajstić information content (AvgIpc) is 2.23. The Bertz CT molecular complexity index is 343. The first kappa shape index (κ1) is 13.9. The van der Waals surface area contributed by atoms with Crippen LogP contribution in [0.3, 0.4) is 0 Å². The Kier molecular flexibility index (Phi) is 4.87. The van der Waals surface area contributed by atoms with Crippen LogP contribution in [0.15, 0.2) is 6.07 Å². The van der Waals surface area contributed by atoms with Gasteiger partial charge in [0.25, 0.3) is 0 Å². The number of anilines is 1. The molecule has 1 aromatic rings. The van der Waals surface area contributed by atoms with E-state index in [9.17, 15) is 0 Å². The zero-order valence-corrected chi connectivity index (χ0v) is 11.2. The second kappa shape index (κ2) is 5.96. The first-order chi connectivity index (χ1) is 7.93. The molecule has 0 fully saturated rings. The first-order valence-corrected chi connectivity index (χ1v) is 6.10. The van der Waals surface area contributed by atoms with E-state index >= 15 is 0 Å². The molecule has 0 aromatic carbocycles. The minimum absolute atomic E-state index is 0.143. The summed E-state index contributed by atoms with van der Waals surface area (Å²) in [6.07, 6.45) is 1.82. The number of nitrogens with one attached hydrogen (secondary N) is 1. The SMILES string of the molecule is Cc1cc(C)nc(NCC(C)(C)CCCO)n1. The Hall–Kier alpha value is -1.16. The number of aromatic nitrogens is 2. The summed E-state index contributed by atoms with van der Waals surface area (Å²) in [6.45, 7) is 9.36. The van der Waals surface area contributed by atoms with E-state index in [1.54, 1.807) is 0 Å². The molecule has 0 aliphatic heterocycles. The van der Waals surface area contributed by atoms with Crippen molar-refractivity contribution in [2.75, 3.05) is 18.5 Å². The van der Waals surface area contributed by atoms with Crippen LogP contribution in [-0.4, -0.2) is 28.2 Å². The summed E-state index contributed by atoms with van der Waals surface area (Å²) in [5, 5.41) is 12.1. The maximum absolute atomic E-state index is 8.84. The maximum atomic E-state index is 8.84. The van der Waals surface area contributed by atoms with E-state index in [1.165, 1.54) is 0 Å². The largest absolute Gasteiger partial charge is 0.396 e. The minimum Gasteiger partial charge on any atom is -0.396 e. The Morgan fingerprint density at radius 1 is 1.24 bits per heavy atom. The zero-order chi connectivity index (χ0) is 12.9. The summed E-state index contributed by atoms with van der Waals surface area (Å²) in [5.41, 5.74) is 2.10. The predicted octanol–water partition coefficient (Wildman–Crippen LogP) is 2.30. The molecule has 0 aliphatic carbocycles. The van der Waals surface area contributed by atoms with Crippen LogP contribution in [0, 0.1) is 19.3 Å². The summed E-state index contributed by atoms with van der Waals surface area (Å²) in [5.74, 6) is 0.694. The van der Waals surface area contributed by atoms with Crippen LogP contribution in [0.5, 0.6) is 0 Å². The van der Waals surface area contributed by atoms with Gasteiger partial charge in [0, 0.05) is 24.5 Å². The van der Waals surface area contributed by atoms with Crippen molar-refractivity contribution in [2.24, 2.45) is 5.41 Å². The Balaban J connectivity index is 2.54. The fourth-order valence-electron chi connectivity index (χ4n) is 1.77. The van der Waals surface area contributed by atoms with E-state index in [-0.39, 0.29) is 12.0 Å². The Morgan fingerprint density at radius 2 is 1.82 bits per heavy atom. The molecule has 0 radical (unpaired) electrons. The van der Waals surface area contributed by atoms with Crippen molar-refractivity contribution in [1.82, 2.24) is 9.97 Å². The Labute approximate surface area is 103 Å². The van der Waals surface area contributed by atoms with E-state index in [1.807, 2.05) is 19.9 Å². The lowest BCUT2D eigenvalue weighted by molar-refractivity contribution is 0.247. The molecule has 1 aromatic heterocycles. The van der Waals surface area contributed by atoms with Gasteiger partial charge in [-0.3, -0.25) is 0 Å². The van der Waals surface area contributed by atoms with E-state index in [0.717, 1.165) is 30.8 Å². The van der Waals surface area contributed by atoms with Crippen molar-refractivity contribution in [3.8, 4) is 0 Å². The monoisotopic (exact) mass is 237 g/mol. The standard InChI is InChI=1S/C13H23N3O/c1-10-8-11(2)16-12(15-10)14-9-13(3,4)6-5-7-17/h8,17H,5-7,9H2,1-4H3,(H,14,15,16). The molecule has 4 heteroatoms. The van der Waals surface area contributed by atoms with Crippen molar-refractivity contribution < 1.29 is 5.11 Å². The molecule has 0 spiro atoms. The van der Waals surface area contributed by atoms with Gasteiger partial charge in [0.2, 0.25) is 5.95 Å². The molecule has 0 aliphatic rings. The van der Waals surface area contributed by atoms with Crippen LogP contribution in [0.1, 0.15) is 38.1 Å². The molecule has 0 amide bonds. The van der Waals surface area contributed by atoms with Crippen molar-refractivity contribution in [3.63, 3.8) is 0 Å². The van der Waals surface area contributed by atoms with Crippen LogP contribution >= 0.6 is 0 Å². The third-order valence-electron chi connectivity index (χ3n) is 2.72. The predicted molar refractivity (Wildman–Crippen MR) is 70.1 cm³/mol. The molecule has 4 nitrogen and oxygen atoms in total. The maximum Gasteiger partial charge on any atom is 0.223 e. The van der Waals surface area contributed by atoms with Gasteiger partial charge < -0.3 is 10.4 Å². The van der Waals surface area contributed by atoms with Crippen molar-refractivity contribution >= 4 is 5.95 Å². The van der Waals surface area contributed by atoms with Crippen LogP contribution in [0.2, 0.25) is 0 Å². The fraction of sp³-hybridized carbons (Fsp3) is 0.692. The normalized spacial score (nSPS) is 11.6. The average molecular weight is 237 g/mol. The molecule has 1 heterocycles. The number of aliphatic hydroxyl groups excluding tert-OH is 1. The highest BCUT2D eigenvalue weighted by molar-refractivity contribution is 5.27. The molecule has 0 bridgehead atoms. The van der Waals surface area contributed by atoms with Crippen LogP contribution in [0.4, 0.5) is 5.95 Å². The van der Waals surface area contributed by atoms with Gasteiger partial charge in [0.1, 0.15) is 0 Å². The molecular formula is C13H23N3O. The number of aryl methyl sites for hydroxylation is 2. The smallest absolute Gasteiger partial charge is 0.223 e.